The van der Waals surface area contributed by atoms with Crippen molar-refractivity contribution in [1.82, 2.24) is 40.6 Å². The highest BCUT2D eigenvalue weighted by molar-refractivity contribution is 8.00. The average Bonchev–Trinajstić information content (AvgIpc) is 1.62. The molecule has 0 aromatic heterocycles. The summed E-state index contributed by atoms with van der Waals surface area (Å²) in [5.74, 6) is -10.4. The van der Waals surface area contributed by atoms with Crippen LogP contribution in [0.4, 0.5) is 19.7 Å². The van der Waals surface area contributed by atoms with E-state index in [9.17, 15) is 76.3 Å². The van der Waals surface area contributed by atoms with Crippen molar-refractivity contribution in [3.05, 3.63) is 59.4 Å². The van der Waals surface area contributed by atoms with Gasteiger partial charge in [-0.2, -0.15) is 0 Å². The van der Waals surface area contributed by atoms with E-state index in [0.29, 0.717) is 67.0 Å². The molecule has 1 aliphatic carbocycles. The van der Waals surface area contributed by atoms with E-state index in [0.717, 1.165) is 6.07 Å². The van der Waals surface area contributed by atoms with Gasteiger partial charge in [0.2, 0.25) is 41.4 Å². The molecule has 1 unspecified atom stereocenters. The Morgan fingerprint density at radius 3 is 2.01 bits per heavy atom. The number of benzene rings is 2. The summed E-state index contributed by atoms with van der Waals surface area (Å²) in [6.07, 6.45) is 0.297. The third kappa shape index (κ3) is 26.3. The minimum absolute atomic E-state index is 0.00725. The largest absolute Gasteiger partial charge is 0.497 e. The molecule has 0 spiro atoms. The summed E-state index contributed by atoms with van der Waals surface area (Å²) in [4.78, 5) is 211. The van der Waals surface area contributed by atoms with Crippen molar-refractivity contribution in [3.63, 3.8) is 0 Å². The number of ketones is 3. The molecule has 6 N–H and O–H groups in total. The number of thioether (sulfide) groups is 1. The quantitative estimate of drug-likeness (QED) is 0.0243. The highest BCUT2D eigenvalue weighted by Crippen LogP contribution is 2.52. The van der Waals surface area contributed by atoms with E-state index < -0.39 is 148 Å². The predicted octanol–water partition coefficient (Wildman–Crippen LogP) is 7.50. The molecule has 31 nitrogen and oxygen atoms in total. The molecule has 3 heterocycles. The maximum absolute atomic E-state index is 15.0. The van der Waals surface area contributed by atoms with E-state index in [1.54, 1.807) is 75.7 Å². The molecule has 2 aromatic carbocycles. The van der Waals surface area contributed by atoms with Crippen LogP contribution >= 0.6 is 11.8 Å². The second-order valence-electron chi connectivity index (χ2n) is 31.6. The van der Waals surface area contributed by atoms with E-state index in [4.69, 9.17) is 34.3 Å². The topological polar surface area (TPSA) is 402 Å². The lowest BCUT2D eigenvalue weighted by Gasteiger charge is -2.41. The minimum atomic E-state index is -1.02. The second kappa shape index (κ2) is 44.2. The fourth-order valence-corrected chi connectivity index (χ4v) is 16.5. The lowest BCUT2D eigenvalue weighted by atomic mass is 9.83. The van der Waals surface area contributed by atoms with Crippen LogP contribution in [0.15, 0.2) is 42.5 Å². The number of hydroxylamine groups is 2. The van der Waals surface area contributed by atoms with Gasteiger partial charge in [0.05, 0.1) is 85.7 Å². The fraction of sp³-hybridized carbons (Fsp3) is 0.667. The highest BCUT2D eigenvalue weighted by Gasteiger charge is 2.50. The van der Waals surface area contributed by atoms with Crippen molar-refractivity contribution < 1.29 is 105 Å². The van der Waals surface area contributed by atoms with Gasteiger partial charge in [-0.05, 0) is 104 Å². The van der Waals surface area contributed by atoms with Crippen molar-refractivity contribution >= 4 is 106 Å². The molecule has 3 saturated heterocycles. The molecular weight excluding hydrogens is 1500 g/mol. The number of nitrogens with one attached hydrogen (secondary N) is 4. The number of carbonyl (C=O) groups excluding carboxylic acids is 15. The zero-order valence-electron chi connectivity index (χ0n) is 68.6. The molecule has 6 rings (SSSR count). The van der Waals surface area contributed by atoms with Crippen LogP contribution in [-0.4, -0.2) is 235 Å². The number of nitrogens with two attached hydrogens (primary N) is 1. The zero-order valence-corrected chi connectivity index (χ0v) is 69.5. The number of halogens is 1. The zero-order chi connectivity index (χ0) is 84.6. The molecule has 12 atom stereocenters. The van der Waals surface area contributed by atoms with Gasteiger partial charge in [-0.25, -0.2) is 18.8 Å². The second-order valence-corrected chi connectivity index (χ2v) is 32.7. The molecule has 4 aliphatic rings. The molecule has 4 fully saturated rings. The number of hydrogen-bond donors (Lipinski definition) is 5. The van der Waals surface area contributed by atoms with E-state index >= 15 is 0 Å². The lowest BCUT2D eigenvalue weighted by Crippen LogP contribution is -2.54. The Hall–Kier alpha value is -8.95. The third-order valence-electron chi connectivity index (χ3n) is 22.2. The Bertz CT molecular complexity index is 3730. The van der Waals surface area contributed by atoms with Crippen LogP contribution in [-0.2, 0) is 87.9 Å². The third-order valence-corrected chi connectivity index (χ3v) is 23.8. The number of amides is 12. The number of unbranched alkanes of at least 4 members (excludes halogenated alkanes) is 2. The summed E-state index contributed by atoms with van der Waals surface area (Å²) in [7, 11) is 8.84. The average molecular weight is 1620 g/mol. The molecule has 0 bridgehead atoms. The van der Waals surface area contributed by atoms with Crippen LogP contribution < -0.4 is 31.7 Å². The number of rotatable bonds is 48. The van der Waals surface area contributed by atoms with Crippen LogP contribution in [0.3, 0.4) is 0 Å². The van der Waals surface area contributed by atoms with Gasteiger partial charge in [0.25, 0.3) is 11.8 Å². The molecule has 632 valence electrons. The van der Waals surface area contributed by atoms with E-state index in [2.05, 4.69) is 21.3 Å². The number of methoxy groups -OCH3 is 4. The molecule has 1 saturated carbocycles. The number of Topliss-reactive ketones (excluding diaryl/α,β-unsaturated/α-hetero) is 3. The number of likely N-dealkylation sites (tertiary alicyclic amines) is 2. The number of anilines is 1. The Balaban J connectivity index is 0.992. The number of primary amides is 1. The normalized spacial score (nSPS) is 19.0. The van der Waals surface area contributed by atoms with E-state index in [1.807, 2.05) is 27.7 Å². The van der Waals surface area contributed by atoms with Crippen LogP contribution in [0.1, 0.15) is 187 Å². The van der Waals surface area contributed by atoms with Crippen LogP contribution in [0.25, 0.3) is 0 Å². The van der Waals surface area contributed by atoms with Gasteiger partial charge in [0.15, 0.2) is 17.3 Å². The van der Waals surface area contributed by atoms with Crippen LogP contribution in [0.2, 0.25) is 0 Å². The molecule has 114 heavy (non-hydrogen) atoms. The van der Waals surface area contributed by atoms with Crippen molar-refractivity contribution in [3.8, 4) is 5.75 Å². The number of hydrogen-bond acceptors (Lipinski definition) is 22. The van der Waals surface area contributed by atoms with E-state index in [1.165, 1.54) is 69.2 Å². The first kappa shape index (κ1) is 93.9. The van der Waals surface area contributed by atoms with Gasteiger partial charge in [0.1, 0.15) is 18.2 Å². The molecule has 2 aromatic rings. The van der Waals surface area contributed by atoms with Crippen molar-refractivity contribution in [1.29, 1.82) is 0 Å². The predicted molar refractivity (Wildman–Crippen MR) is 418 cm³/mol. The van der Waals surface area contributed by atoms with Gasteiger partial charge in [-0.3, -0.25) is 62.4 Å². The van der Waals surface area contributed by atoms with Crippen molar-refractivity contribution in [2.45, 2.75) is 226 Å². The molecule has 12 amide bonds. The van der Waals surface area contributed by atoms with Gasteiger partial charge < -0.3 is 70.2 Å². The maximum atomic E-state index is 15.0. The Morgan fingerprint density at radius 1 is 0.754 bits per heavy atom. The number of nitrogens with zero attached hydrogens (tertiary/aromatic N) is 5. The van der Waals surface area contributed by atoms with Gasteiger partial charge in [-0.15, -0.1) is 16.8 Å². The minimum Gasteiger partial charge on any atom is -0.497 e. The molecule has 0 radical (unpaired) electrons. The lowest BCUT2D eigenvalue weighted by molar-refractivity contribution is -0.198. The fourth-order valence-electron chi connectivity index (χ4n) is 15.1. The summed E-state index contributed by atoms with van der Waals surface area (Å²) in [5.41, 5.74) is 5.49. The number of imide groups is 2. The standard InChI is InChI=1S/C81H119FN10O21S/c1-16-49(8)73(63(110-14)39-68(99)91-43-55(109-13)37-59(91)74(111-15)50(9)75(102)85-42-62(95)56-28-27-54(108-12)36-58(56)82)88(10)77(104)57(46(2)3)38-61(94)72(48(6)7)89(11)80(107)112-44-51-23-25-53(26-24-51)86-76(103)52(21-20-33-84-79(83)106)35-60(93)71(47(4)5)87-65(96)22-18-17-19-34-90-69(100)40-64(78(90)105)114-45-81(31-32-81)41-70(101)113-92-66(97)29-30-67(92)98/h23-28,36,46-50,52,55,57,59,63-64,71-74H,16-22,29-35,37-45H2,1-15H3,(H,85,102)(H,86,103)(H,87,96)(H3,83,84,106)/t49-,50+,52+,55+,57-,59-,63+,64?,71-,72-,73-,74+/m0/s1. The van der Waals surface area contributed by atoms with Crippen molar-refractivity contribution in [2.75, 3.05) is 79.8 Å². The first-order valence-electron chi connectivity index (χ1n) is 39.4. The summed E-state index contributed by atoms with van der Waals surface area (Å²) in [6, 6.07) is 6.11. The molecular formula is C81H119FN10O21S. The Labute approximate surface area is 671 Å². The summed E-state index contributed by atoms with van der Waals surface area (Å²) in [6.45, 7) is 15.9. The first-order valence-corrected chi connectivity index (χ1v) is 40.5. The molecule has 3 aliphatic heterocycles. The van der Waals surface area contributed by atoms with Crippen LogP contribution in [0.5, 0.6) is 5.75 Å². The SMILES string of the molecule is CC[C@H](C)[C@@H]([C@@H](CC(=O)N1C[C@H](OC)C[C@H]1[C@H](OC)[C@@H](C)C(=O)NCC(=O)c1ccc(OC)cc1F)OC)N(C)C(=O)[C@@H](CC(=O)[C@H](C(C)C)N(C)C(=O)OCc1ccc(NC(=O)[C@H](CCCNC(N)=O)CC(=O)[C@@H](NC(=O)CCCCCN2C(=O)CC(SCC3(CC(=O)ON4C(=O)CCC4=O)CC3)C2=O)C(C)C)cc1)C(C)C. The summed E-state index contributed by atoms with van der Waals surface area (Å²) in [5, 5.41) is 10.7. The van der Waals surface area contributed by atoms with E-state index in [-0.39, 0.29) is 149 Å². The first-order chi connectivity index (χ1) is 53.9. The monoisotopic (exact) mass is 1620 g/mol. The number of likely N-dealkylation sites (N-methyl/N-ethyl adjacent to an activating group) is 2. The van der Waals surface area contributed by atoms with Gasteiger partial charge in [0, 0.05) is 123 Å². The smallest absolute Gasteiger partial charge is 0.410 e. The number of carbonyl (C=O) groups is 15. The Morgan fingerprint density at radius 2 is 1.43 bits per heavy atom. The summed E-state index contributed by atoms with van der Waals surface area (Å²) >= 11 is 1.30. The number of urea groups is 1. The van der Waals surface area contributed by atoms with Gasteiger partial charge >= 0.3 is 18.1 Å². The molecule has 33 heteroatoms. The Kier molecular flexibility index (Phi) is 36.4. The number of ether oxygens (including phenoxy) is 5. The highest BCUT2D eigenvalue weighted by atomic mass is 32.2. The van der Waals surface area contributed by atoms with Crippen molar-refractivity contribution in [2.24, 2.45) is 52.6 Å². The van der Waals surface area contributed by atoms with Crippen LogP contribution in [0, 0.1) is 52.7 Å². The summed E-state index contributed by atoms with van der Waals surface area (Å²) < 4.78 is 43.3. The maximum Gasteiger partial charge on any atom is 0.410 e. The van der Waals surface area contributed by atoms with Gasteiger partial charge in [-0.1, -0.05) is 87.3 Å².